The highest BCUT2D eigenvalue weighted by molar-refractivity contribution is 5.03. The first-order valence-electron chi connectivity index (χ1n) is 8.98. The minimum absolute atomic E-state index is 0.410. The van der Waals surface area contributed by atoms with Crippen molar-refractivity contribution in [2.24, 2.45) is 11.8 Å². The Morgan fingerprint density at radius 1 is 1.10 bits per heavy atom. The summed E-state index contributed by atoms with van der Waals surface area (Å²) in [5.41, 5.74) is 0.410. The summed E-state index contributed by atoms with van der Waals surface area (Å²) in [6.45, 7) is 2.38. The molecule has 118 valence electrons. The average Bonchev–Trinajstić information content (AvgIpc) is 2.49. The van der Waals surface area contributed by atoms with E-state index >= 15 is 0 Å². The molecule has 2 nitrogen and oxygen atoms in total. The van der Waals surface area contributed by atoms with E-state index in [-0.39, 0.29) is 0 Å². The quantitative estimate of drug-likeness (QED) is 0.817. The zero-order valence-electron chi connectivity index (χ0n) is 14.3. The number of nitrogens with one attached hydrogen (secondary N) is 1. The van der Waals surface area contributed by atoms with E-state index in [2.05, 4.69) is 38.3 Å². The lowest BCUT2D eigenvalue weighted by atomic mass is 9.66. The van der Waals surface area contributed by atoms with E-state index < -0.39 is 0 Å². The molecule has 0 amide bonds. The van der Waals surface area contributed by atoms with E-state index in [9.17, 15) is 0 Å². The molecule has 0 bridgehead atoms. The Morgan fingerprint density at radius 3 is 2.35 bits per heavy atom. The van der Waals surface area contributed by atoms with Crippen LogP contribution in [-0.2, 0) is 0 Å². The number of hydrogen-bond donors (Lipinski definition) is 1. The van der Waals surface area contributed by atoms with Crippen LogP contribution < -0.4 is 5.32 Å². The maximum atomic E-state index is 3.77. The van der Waals surface area contributed by atoms with Crippen molar-refractivity contribution >= 4 is 0 Å². The van der Waals surface area contributed by atoms with Gasteiger partial charge in [-0.3, -0.25) is 0 Å². The lowest BCUT2D eigenvalue weighted by molar-refractivity contribution is 0.0209. The van der Waals surface area contributed by atoms with E-state index in [1.807, 2.05) is 0 Å². The van der Waals surface area contributed by atoms with Gasteiger partial charge in [-0.25, -0.2) is 0 Å². The molecule has 3 atom stereocenters. The highest BCUT2D eigenvalue weighted by Gasteiger charge is 2.45. The molecule has 0 aromatic rings. The number of nitrogens with zero attached hydrogens (tertiary/aromatic N) is 1. The molecule has 0 saturated heterocycles. The first-order valence-corrected chi connectivity index (χ1v) is 8.98. The lowest BCUT2D eigenvalue weighted by Gasteiger charge is -2.52. The van der Waals surface area contributed by atoms with Crippen LogP contribution in [0.15, 0.2) is 0 Å². The zero-order chi connectivity index (χ0) is 14.6. The molecule has 0 aromatic carbocycles. The standard InChI is InChI=1S/C18H36N2/c1-5-15-10-9-11-16(14-15)17(19-2)18(20(3)4)12-7-6-8-13-18/h15-17,19H,5-14H2,1-4H3. The third-order valence-corrected chi connectivity index (χ3v) is 6.37. The molecule has 2 heteroatoms. The summed E-state index contributed by atoms with van der Waals surface area (Å²) in [5.74, 6) is 1.87. The van der Waals surface area contributed by atoms with E-state index in [0.717, 1.165) is 11.8 Å². The second kappa shape index (κ2) is 7.26. The van der Waals surface area contributed by atoms with Gasteiger partial charge in [-0.05, 0) is 58.7 Å². The summed E-state index contributed by atoms with van der Waals surface area (Å²) >= 11 is 0. The SMILES string of the molecule is CCC1CCCC(C(NC)C2(N(C)C)CCCCC2)C1. The monoisotopic (exact) mass is 280 g/mol. The second-order valence-corrected chi connectivity index (χ2v) is 7.53. The van der Waals surface area contributed by atoms with E-state index in [4.69, 9.17) is 0 Å². The third kappa shape index (κ3) is 3.22. The molecule has 20 heavy (non-hydrogen) atoms. The summed E-state index contributed by atoms with van der Waals surface area (Å²) in [4.78, 5) is 2.56. The van der Waals surface area contributed by atoms with Crippen molar-refractivity contribution in [3.63, 3.8) is 0 Å². The summed E-state index contributed by atoms with van der Waals surface area (Å²) in [6.07, 6.45) is 14.2. The van der Waals surface area contributed by atoms with Crippen LogP contribution in [0.4, 0.5) is 0 Å². The minimum atomic E-state index is 0.410. The van der Waals surface area contributed by atoms with Crippen molar-refractivity contribution in [2.45, 2.75) is 82.7 Å². The van der Waals surface area contributed by atoms with Crippen LogP contribution in [0, 0.1) is 11.8 Å². The van der Waals surface area contributed by atoms with Crippen molar-refractivity contribution in [2.75, 3.05) is 21.1 Å². The van der Waals surface area contributed by atoms with Crippen LogP contribution in [0.2, 0.25) is 0 Å². The Hall–Kier alpha value is -0.0800. The van der Waals surface area contributed by atoms with Crippen molar-refractivity contribution in [3.05, 3.63) is 0 Å². The van der Waals surface area contributed by atoms with Crippen LogP contribution in [0.5, 0.6) is 0 Å². The predicted octanol–water partition coefficient (Wildman–Crippen LogP) is 4.06. The topological polar surface area (TPSA) is 15.3 Å². The zero-order valence-corrected chi connectivity index (χ0v) is 14.3. The summed E-state index contributed by atoms with van der Waals surface area (Å²) in [7, 11) is 6.84. The highest BCUT2D eigenvalue weighted by atomic mass is 15.2. The van der Waals surface area contributed by atoms with Gasteiger partial charge in [0.15, 0.2) is 0 Å². The molecular weight excluding hydrogens is 244 g/mol. The van der Waals surface area contributed by atoms with Crippen molar-refractivity contribution < 1.29 is 0 Å². The fraction of sp³-hybridized carbons (Fsp3) is 1.00. The molecule has 3 unspecified atom stereocenters. The van der Waals surface area contributed by atoms with Gasteiger partial charge >= 0.3 is 0 Å². The van der Waals surface area contributed by atoms with Crippen molar-refractivity contribution in [1.82, 2.24) is 10.2 Å². The van der Waals surface area contributed by atoms with Gasteiger partial charge in [-0.15, -0.1) is 0 Å². The maximum Gasteiger partial charge on any atom is 0.0359 e. The van der Waals surface area contributed by atoms with Gasteiger partial charge < -0.3 is 10.2 Å². The Morgan fingerprint density at radius 2 is 1.80 bits per heavy atom. The Bertz CT molecular complexity index is 281. The van der Waals surface area contributed by atoms with E-state index in [1.54, 1.807) is 0 Å². The van der Waals surface area contributed by atoms with E-state index in [1.165, 1.54) is 64.2 Å². The van der Waals surface area contributed by atoms with Crippen LogP contribution in [0.25, 0.3) is 0 Å². The number of hydrogen-bond acceptors (Lipinski definition) is 2. The first kappa shape index (κ1) is 16.3. The van der Waals surface area contributed by atoms with Gasteiger partial charge in [0.25, 0.3) is 0 Å². The molecule has 0 aromatic heterocycles. The third-order valence-electron chi connectivity index (χ3n) is 6.37. The van der Waals surface area contributed by atoms with Gasteiger partial charge in [-0.2, -0.15) is 0 Å². The predicted molar refractivity (Wildman–Crippen MR) is 88.1 cm³/mol. The van der Waals surface area contributed by atoms with Gasteiger partial charge in [0, 0.05) is 11.6 Å². The summed E-state index contributed by atoms with van der Waals surface area (Å²) in [5, 5.41) is 3.77. The Labute approximate surface area is 126 Å². The molecule has 0 aliphatic heterocycles. The van der Waals surface area contributed by atoms with Crippen LogP contribution >= 0.6 is 0 Å². The molecule has 1 N–H and O–H groups in total. The fourth-order valence-corrected chi connectivity index (χ4v) is 5.15. The molecular formula is C18H36N2. The molecule has 2 saturated carbocycles. The molecule has 0 spiro atoms. The van der Waals surface area contributed by atoms with Gasteiger partial charge in [-0.1, -0.05) is 45.4 Å². The normalized spacial score (nSPS) is 32.2. The van der Waals surface area contributed by atoms with Crippen molar-refractivity contribution in [1.29, 1.82) is 0 Å². The van der Waals surface area contributed by atoms with Crippen molar-refractivity contribution in [3.8, 4) is 0 Å². The Kier molecular flexibility index (Phi) is 5.92. The first-order chi connectivity index (χ1) is 9.64. The average molecular weight is 280 g/mol. The largest absolute Gasteiger partial charge is 0.315 e. The van der Waals surface area contributed by atoms with Gasteiger partial charge in [0.2, 0.25) is 0 Å². The van der Waals surface area contributed by atoms with Crippen LogP contribution in [0.1, 0.15) is 71.1 Å². The number of rotatable bonds is 5. The van der Waals surface area contributed by atoms with Crippen LogP contribution in [-0.4, -0.2) is 37.6 Å². The van der Waals surface area contributed by atoms with E-state index in [0.29, 0.717) is 11.6 Å². The highest BCUT2D eigenvalue weighted by Crippen LogP contribution is 2.42. The maximum absolute atomic E-state index is 3.77. The smallest absolute Gasteiger partial charge is 0.0359 e. The van der Waals surface area contributed by atoms with Gasteiger partial charge in [0.1, 0.15) is 0 Å². The number of likely N-dealkylation sites (N-methyl/N-ethyl adjacent to an activating group) is 2. The summed E-state index contributed by atoms with van der Waals surface area (Å²) in [6, 6.07) is 0.687. The molecule has 2 aliphatic carbocycles. The second-order valence-electron chi connectivity index (χ2n) is 7.53. The van der Waals surface area contributed by atoms with Gasteiger partial charge in [0.05, 0.1) is 0 Å². The Balaban J connectivity index is 2.15. The molecule has 0 radical (unpaired) electrons. The molecule has 0 heterocycles. The van der Waals surface area contributed by atoms with Crippen LogP contribution in [0.3, 0.4) is 0 Å². The molecule has 2 rings (SSSR count). The fourth-order valence-electron chi connectivity index (χ4n) is 5.15. The molecule has 2 fully saturated rings. The molecule has 2 aliphatic rings. The minimum Gasteiger partial charge on any atom is -0.315 e. The lowest BCUT2D eigenvalue weighted by Crippen LogP contribution is -2.62. The summed E-state index contributed by atoms with van der Waals surface area (Å²) < 4.78 is 0.